The zero-order chi connectivity index (χ0) is 13.9. The second-order valence-corrected chi connectivity index (χ2v) is 6.00. The molecule has 0 aliphatic heterocycles. The van der Waals surface area contributed by atoms with Crippen molar-refractivity contribution in [2.24, 2.45) is 5.92 Å². The van der Waals surface area contributed by atoms with Crippen molar-refractivity contribution in [3.8, 4) is 0 Å². The average molecular weight is 301 g/mol. The van der Waals surface area contributed by atoms with Crippen LogP contribution in [0.2, 0.25) is 0 Å². The quantitative estimate of drug-likeness (QED) is 0.609. The third-order valence-electron chi connectivity index (χ3n) is 3.97. The molecule has 0 bridgehead atoms. The molecule has 1 fully saturated rings. The zero-order valence-corrected chi connectivity index (χ0v) is 12.5. The zero-order valence-electron chi connectivity index (χ0n) is 10.9. The van der Waals surface area contributed by atoms with Crippen LogP contribution in [0.3, 0.4) is 0 Å². The van der Waals surface area contributed by atoms with Crippen LogP contribution in [0.1, 0.15) is 29.6 Å². The third-order valence-corrected chi connectivity index (χ3v) is 5.15. The van der Waals surface area contributed by atoms with Gasteiger partial charge in [0.25, 0.3) is 0 Å². The van der Waals surface area contributed by atoms with Gasteiger partial charge in [0.05, 0.1) is 6.10 Å². The van der Waals surface area contributed by atoms with E-state index < -0.39 is 4.87 Å². The van der Waals surface area contributed by atoms with Gasteiger partial charge in [-0.25, -0.2) is 0 Å². The molecular weight excluding hydrogens is 283 g/mol. The summed E-state index contributed by atoms with van der Waals surface area (Å²) in [6.07, 6.45) is 2.81. The van der Waals surface area contributed by atoms with E-state index in [4.69, 9.17) is 27.9 Å². The Morgan fingerprint density at radius 3 is 2.58 bits per heavy atom. The van der Waals surface area contributed by atoms with Gasteiger partial charge < -0.3 is 4.74 Å². The standard InChI is InChI=1S/C15H18Cl2O2/c1-19-13-8-7-12(9-13)15(17,10-16)14(18)11-5-3-2-4-6-11/h2-6,12-13H,7-10H2,1H3. The molecule has 3 unspecified atom stereocenters. The van der Waals surface area contributed by atoms with Gasteiger partial charge in [0.15, 0.2) is 5.78 Å². The van der Waals surface area contributed by atoms with E-state index in [9.17, 15) is 4.79 Å². The minimum Gasteiger partial charge on any atom is -0.381 e. The monoisotopic (exact) mass is 300 g/mol. The van der Waals surface area contributed by atoms with Crippen molar-refractivity contribution in [3.05, 3.63) is 35.9 Å². The first kappa shape index (κ1) is 14.8. The van der Waals surface area contributed by atoms with Gasteiger partial charge in [0, 0.05) is 18.6 Å². The number of halogens is 2. The summed E-state index contributed by atoms with van der Waals surface area (Å²) in [7, 11) is 1.70. The van der Waals surface area contributed by atoms with Crippen molar-refractivity contribution in [1.29, 1.82) is 0 Å². The molecule has 19 heavy (non-hydrogen) atoms. The number of ether oxygens (including phenoxy) is 1. The second kappa shape index (κ2) is 6.25. The average Bonchev–Trinajstić information content (AvgIpc) is 2.96. The number of ketones is 1. The van der Waals surface area contributed by atoms with Crippen molar-refractivity contribution >= 4 is 29.0 Å². The van der Waals surface area contributed by atoms with Gasteiger partial charge in [-0.3, -0.25) is 4.79 Å². The lowest BCUT2D eigenvalue weighted by molar-refractivity contribution is 0.0875. The molecule has 0 heterocycles. The first-order chi connectivity index (χ1) is 9.11. The van der Waals surface area contributed by atoms with Gasteiger partial charge >= 0.3 is 0 Å². The number of rotatable bonds is 5. The van der Waals surface area contributed by atoms with Gasteiger partial charge in [-0.15, -0.1) is 23.2 Å². The van der Waals surface area contributed by atoms with Gasteiger partial charge in [-0.1, -0.05) is 30.3 Å². The van der Waals surface area contributed by atoms with Crippen LogP contribution in [0, 0.1) is 5.92 Å². The Kier molecular flexibility index (Phi) is 4.88. The smallest absolute Gasteiger partial charge is 0.185 e. The summed E-state index contributed by atoms with van der Waals surface area (Å²) in [4.78, 5) is 11.6. The van der Waals surface area contributed by atoms with Crippen LogP contribution in [0.5, 0.6) is 0 Å². The number of Topliss-reactive ketones (excluding diaryl/α,β-unsaturated/α-hetero) is 1. The van der Waals surface area contributed by atoms with E-state index in [0.29, 0.717) is 5.56 Å². The van der Waals surface area contributed by atoms with Crippen molar-refractivity contribution in [2.45, 2.75) is 30.2 Å². The van der Waals surface area contributed by atoms with Gasteiger partial charge in [-0.2, -0.15) is 0 Å². The fourth-order valence-electron chi connectivity index (χ4n) is 2.75. The lowest BCUT2D eigenvalue weighted by Gasteiger charge is -2.29. The van der Waals surface area contributed by atoms with Crippen LogP contribution in [0.15, 0.2) is 30.3 Å². The number of carbonyl (C=O) groups is 1. The maximum atomic E-state index is 12.6. The Morgan fingerprint density at radius 1 is 1.37 bits per heavy atom. The Morgan fingerprint density at radius 2 is 2.05 bits per heavy atom. The molecule has 1 aliphatic rings. The highest BCUT2D eigenvalue weighted by Crippen LogP contribution is 2.42. The highest BCUT2D eigenvalue weighted by atomic mass is 35.5. The highest BCUT2D eigenvalue weighted by Gasteiger charge is 2.46. The van der Waals surface area contributed by atoms with Gasteiger partial charge in [-0.05, 0) is 25.2 Å². The Labute approximate surface area is 124 Å². The number of alkyl halides is 2. The molecule has 1 aromatic carbocycles. The topological polar surface area (TPSA) is 26.3 Å². The SMILES string of the molecule is COC1CCC(C(Cl)(CCl)C(=O)c2ccccc2)C1. The molecule has 4 heteroatoms. The van der Waals surface area contributed by atoms with Crippen molar-refractivity contribution in [2.75, 3.05) is 13.0 Å². The van der Waals surface area contributed by atoms with Crippen LogP contribution >= 0.6 is 23.2 Å². The Balaban J connectivity index is 2.21. The van der Waals surface area contributed by atoms with Crippen molar-refractivity contribution in [3.63, 3.8) is 0 Å². The van der Waals surface area contributed by atoms with Gasteiger partial charge in [0.2, 0.25) is 0 Å². The van der Waals surface area contributed by atoms with Crippen LogP contribution in [-0.4, -0.2) is 29.8 Å². The largest absolute Gasteiger partial charge is 0.381 e. The Bertz CT molecular complexity index is 435. The van der Waals surface area contributed by atoms with E-state index >= 15 is 0 Å². The fourth-order valence-corrected chi connectivity index (χ4v) is 3.40. The van der Waals surface area contributed by atoms with E-state index in [0.717, 1.165) is 19.3 Å². The lowest BCUT2D eigenvalue weighted by Crippen LogP contribution is -2.42. The Hall–Kier alpha value is -0.570. The van der Waals surface area contributed by atoms with Gasteiger partial charge in [0.1, 0.15) is 4.87 Å². The molecule has 3 atom stereocenters. The van der Waals surface area contributed by atoms with Crippen LogP contribution < -0.4 is 0 Å². The lowest BCUT2D eigenvalue weighted by atomic mass is 9.85. The van der Waals surface area contributed by atoms with E-state index in [1.165, 1.54) is 0 Å². The summed E-state index contributed by atoms with van der Waals surface area (Å²) in [6.45, 7) is 0. The second-order valence-electron chi connectivity index (χ2n) is 5.06. The molecule has 0 radical (unpaired) electrons. The van der Waals surface area contributed by atoms with Crippen molar-refractivity contribution < 1.29 is 9.53 Å². The molecule has 1 saturated carbocycles. The summed E-state index contributed by atoms with van der Waals surface area (Å²) < 4.78 is 5.35. The van der Waals surface area contributed by atoms with E-state index in [-0.39, 0.29) is 23.7 Å². The van der Waals surface area contributed by atoms with Crippen LogP contribution in [0.4, 0.5) is 0 Å². The van der Waals surface area contributed by atoms with Crippen molar-refractivity contribution in [1.82, 2.24) is 0 Å². The van der Waals surface area contributed by atoms with E-state index in [2.05, 4.69) is 0 Å². The summed E-state index contributed by atoms with van der Waals surface area (Å²) >= 11 is 12.6. The maximum absolute atomic E-state index is 12.6. The van der Waals surface area contributed by atoms with Crippen LogP contribution in [-0.2, 0) is 4.74 Å². The molecule has 2 rings (SSSR count). The predicted molar refractivity (Wildman–Crippen MR) is 78.2 cm³/mol. The molecule has 2 nitrogen and oxygen atoms in total. The van der Waals surface area contributed by atoms with Crippen LogP contribution in [0.25, 0.3) is 0 Å². The molecule has 0 saturated heterocycles. The molecule has 0 amide bonds. The minimum absolute atomic E-state index is 0.0734. The summed E-state index contributed by atoms with van der Waals surface area (Å²) in [5, 5.41) is 0. The summed E-state index contributed by atoms with van der Waals surface area (Å²) in [6, 6.07) is 9.13. The highest BCUT2D eigenvalue weighted by molar-refractivity contribution is 6.42. The molecule has 0 N–H and O–H groups in total. The summed E-state index contributed by atoms with van der Waals surface area (Å²) in [5.74, 6) is 0.125. The first-order valence-electron chi connectivity index (χ1n) is 6.49. The number of carbonyl (C=O) groups excluding carboxylic acids is 1. The fraction of sp³-hybridized carbons (Fsp3) is 0.533. The normalized spacial score (nSPS) is 26.1. The number of hydrogen-bond acceptors (Lipinski definition) is 2. The minimum atomic E-state index is -1.02. The molecule has 1 aromatic rings. The van der Waals surface area contributed by atoms with E-state index in [1.807, 2.05) is 18.2 Å². The van der Waals surface area contributed by atoms with E-state index in [1.54, 1.807) is 19.2 Å². The molecule has 104 valence electrons. The predicted octanol–water partition coefficient (Wildman–Crippen LogP) is 3.90. The maximum Gasteiger partial charge on any atom is 0.185 e. The number of methoxy groups -OCH3 is 1. The summed E-state index contributed by atoms with van der Waals surface area (Å²) in [5.41, 5.74) is 0.624. The molecule has 1 aliphatic carbocycles. The first-order valence-corrected chi connectivity index (χ1v) is 7.40. The molecular formula is C15H18Cl2O2. The molecule has 0 spiro atoms. The number of benzene rings is 1. The number of hydrogen-bond donors (Lipinski definition) is 0. The molecule has 0 aromatic heterocycles. The third kappa shape index (κ3) is 2.96.